The zero-order valence-electron chi connectivity index (χ0n) is 10.1. The molecule has 2 aromatic rings. The van der Waals surface area contributed by atoms with Crippen LogP contribution < -0.4 is 5.73 Å². The van der Waals surface area contributed by atoms with E-state index >= 15 is 0 Å². The van der Waals surface area contributed by atoms with Gasteiger partial charge in [-0.15, -0.1) is 22.7 Å². The van der Waals surface area contributed by atoms with E-state index in [0.717, 1.165) is 9.21 Å². The zero-order chi connectivity index (χ0) is 12.5. The maximum absolute atomic E-state index is 6.34. The van der Waals surface area contributed by atoms with E-state index in [1.807, 2.05) is 23.5 Å². The summed E-state index contributed by atoms with van der Waals surface area (Å²) in [6.07, 6.45) is 6.47. The van der Waals surface area contributed by atoms with Crippen LogP contribution in [0, 0.1) is 0 Å². The van der Waals surface area contributed by atoms with E-state index in [0.29, 0.717) is 0 Å². The van der Waals surface area contributed by atoms with Crippen LogP contribution in [-0.2, 0) is 12.8 Å². The number of nitrogens with two attached hydrogens (primary N) is 1. The lowest BCUT2D eigenvalue weighted by molar-refractivity contribution is 0.712. The summed E-state index contributed by atoms with van der Waals surface area (Å²) in [6.45, 7) is 0. The molecular formula is C14H16ClNS2. The molecule has 1 atom stereocenters. The first-order valence-corrected chi connectivity index (χ1v) is 8.37. The van der Waals surface area contributed by atoms with Gasteiger partial charge in [0.15, 0.2) is 0 Å². The Kier molecular flexibility index (Phi) is 3.76. The van der Waals surface area contributed by atoms with Gasteiger partial charge in [-0.25, -0.2) is 0 Å². The molecule has 2 aromatic heterocycles. The summed E-state index contributed by atoms with van der Waals surface area (Å²) in [7, 11) is 0. The minimum absolute atomic E-state index is 0.000531. The van der Waals surface area contributed by atoms with Crippen LogP contribution in [-0.4, -0.2) is 0 Å². The summed E-state index contributed by atoms with van der Waals surface area (Å²) < 4.78 is 0.818. The molecule has 3 rings (SSSR count). The van der Waals surface area contributed by atoms with Crippen molar-refractivity contribution in [2.45, 2.75) is 38.1 Å². The third-order valence-electron chi connectivity index (χ3n) is 3.47. The van der Waals surface area contributed by atoms with E-state index in [-0.39, 0.29) is 6.04 Å². The molecule has 0 amide bonds. The quantitative estimate of drug-likeness (QED) is 0.793. The Bertz CT molecular complexity index is 520. The first-order valence-electron chi connectivity index (χ1n) is 6.36. The molecule has 1 unspecified atom stereocenters. The Balaban J connectivity index is 1.88. The highest BCUT2D eigenvalue weighted by Gasteiger charge is 2.18. The van der Waals surface area contributed by atoms with Gasteiger partial charge in [0, 0.05) is 14.6 Å². The van der Waals surface area contributed by atoms with Crippen molar-refractivity contribution in [1.82, 2.24) is 0 Å². The largest absolute Gasteiger partial charge is 0.319 e. The van der Waals surface area contributed by atoms with Gasteiger partial charge in [0.1, 0.15) is 0 Å². The molecule has 0 fully saturated rings. The summed E-state index contributed by atoms with van der Waals surface area (Å²) in [4.78, 5) is 4.01. The molecule has 2 N–H and O–H groups in total. The van der Waals surface area contributed by atoms with E-state index in [1.54, 1.807) is 16.2 Å². The number of aryl methyl sites for hydroxylation is 2. The van der Waals surface area contributed by atoms with Gasteiger partial charge in [0.2, 0.25) is 0 Å². The lowest BCUT2D eigenvalue weighted by Gasteiger charge is -2.06. The molecule has 0 bridgehead atoms. The fourth-order valence-electron chi connectivity index (χ4n) is 2.48. The van der Waals surface area contributed by atoms with Crippen molar-refractivity contribution in [2.75, 3.05) is 0 Å². The predicted octanol–water partition coefficient (Wildman–Crippen LogP) is 4.78. The Morgan fingerprint density at radius 2 is 1.89 bits per heavy atom. The lowest BCUT2D eigenvalue weighted by atomic mass is 10.1. The first-order chi connectivity index (χ1) is 8.74. The predicted molar refractivity (Wildman–Crippen MR) is 80.9 cm³/mol. The molecule has 0 spiro atoms. The zero-order valence-corrected chi connectivity index (χ0v) is 12.5. The van der Waals surface area contributed by atoms with Crippen molar-refractivity contribution in [3.8, 4) is 0 Å². The average molecular weight is 298 g/mol. The van der Waals surface area contributed by atoms with Gasteiger partial charge < -0.3 is 5.73 Å². The molecule has 96 valence electrons. The standard InChI is InChI=1S/C14H16ClNS2/c15-13-7-6-11(18-13)14(16)12-8-9-4-2-1-3-5-10(9)17-12/h6-8,14H,1-5,16H2. The van der Waals surface area contributed by atoms with Gasteiger partial charge in [-0.2, -0.15) is 0 Å². The third kappa shape index (κ3) is 2.50. The second-order valence-electron chi connectivity index (χ2n) is 4.78. The molecule has 0 saturated carbocycles. The lowest BCUT2D eigenvalue weighted by Crippen LogP contribution is -2.08. The van der Waals surface area contributed by atoms with E-state index in [9.17, 15) is 0 Å². The number of hydrogen-bond donors (Lipinski definition) is 1. The molecule has 1 aliphatic rings. The highest BCUT2D eigenvalue weighted by atomic mass is 35.5. The monoisotopic (exact) mass is 297 g/mol. The summed E-state index contributed by atoms with van der Waals surface area (Å²) in [5.41, 5.74) is 7.88. The van der Waals surface area contributed by atoms with Crippen LogP contribution in [0.1, 0.15) is 45.5 Å². The van der Waals surface area contributed by atoms with Gasteiger partial charge in [0.25, 0.3) is 0 Å². The van der Waals surface area contributed by atoms with E-state index in [1.165, 1.54) is 42.5 Å². The van der Waals surface area contributed by atoms with Crippen LogP contribution in [0.15, 0.2) is 18.2 Å². The summed E-state index contributed by atoms with van der Waals surface area (Å²) in [6, 6.07) is 6.30. The number of rotatable bonds is 2. The van der Waals surface area contributed by atoms with Crippen LogP contribution in [0.5, 0.6) is 0 Å². The molecule has 0 aromatic carbocycles. The molecular weight excluding hydrogens is 282 g/mol. The molecule has 4 heteroatoms. The van der Waals surface area contributed by atoms with Gasteiger partial charge in [-0.1, -0.05) is 18.0 Å². The van der Waals surface area contributed by atoms with Gasteiger partial charge >= 0.3 is 0 Å². The molecule has 1 nitrogen and oxygen atoms in total. The molecule has 1 aliphatic carbocycles. The number of fused-ring (bicyclic) bond motifs is 1. The summed E-state index contributed by atoms with van der Waals surface area (Å²) in [5, 5.41) is 0. The van der Waals surface area contributed by atoms with Crippen LogP contribution in [0.4, 0.5) is 0 Å². The second-order valence-corrected chi connectivity index (χ2v) is 7.69. The maximum atomic E-state index is 6.34. The Labute approximate surface area is 121 Å². The van der Waals surface area contributed by atoms with Gasteiger partial charge in [0.05, 0.1) is 10.4 Å². The molecule has 2 heterocycles. The van der Waals surface area contributed by atoms with Gasteiger partial charge in [-0.05, 0) is 49.4 Å². The van der Waals surface area contributed by atoms with Crippen molar-refractivity contribution < 1.29 is 0 Å². The van der Waals surface area contributed by atoms with Crippen molar-refractivity contribution >= 4 is 34.3 Å². The van der Waals surface area contributed by atoms with Crippen molar-refractivity contribution in [1.29, 1.82) is 0 Å². The Morgan fingerprint density at radius 1 is 1.06 bits per heavy atom. The van der Waals surface area contributed by atoms with Crippen LogP contribution in [0.2, 0.25) is 4.34 Å². The molecule has 0 aliphatic heterocycles. The number of thiophene rings is 2. The maximum Gasteiger partial charge on any atom is 0.0931 e. The molecule has 18 heavy (non-hydrogen) atoms. The second kappa shape index (κ2) is 5.33. The Morgan fingerprint density at radius 3 is 2.67 bits per heavy atom. The van der Waals surface area contributed by atoms with Crippen molar-refractivity contribution in [3.63, 3.8) is 0 Å². The highest BCUT2D eigenvalue weighted by molar-refractivity contribution is 7.16. The normalized spacial score (nSPS) is 17.2. The molecule has 0 saturated heterocycles. The van der Waals surface area contributed by atoms with E-state index in [4.69, 9.17) is 17.3 Å². The Hall–Kier alpha value is -0.350. The third-order valence-corrected chi connectivity index (χ3v) is 6.11. The minimum atomic E-state index is -0.000531. The number of hydrogen-bond acceptors (Lipinski definition) is 3. The SMILES string of the molecule is NC(c1ccc(Cl)s1)c1cc2c(s1)CCCCC2. The summed E-state index contributed by atoms with van der Waals surface area (Å²) >= 11 is 9.47. The van der Waals surface area contributed by atoms with Gasteiger partial charge in [-0.3, -0.25) is 0 Å². The van der Waals surface area contributed by atoms with Crippen LogP contribution in [0.25, 0.3) is 0 Å². The van der Waals surface area contributed by atoms with Crippen molar-refractivity contribution in [2.24, 2.45) is 5.73 Å². The summed E-state index contributed by atoms with van der Waals surface area (Å²) in [5.74, 6) is 0. The highest BCUT2D eigenvalue weighted by Crippen LogP contribution is 2.36. The van der Waals surface area contributed by atoms with Crippen LogP contribution >= 0.6 is 34.3 Å². The van der Waals surface area contributed by atoms with E-state index < -0.39 is 0 Å². The molecule has 0 radical (unpaired) electrons. The smallest absolute Gasteiger partial charge is 0.0931 e. The fraction of sp³-hybridized carbons (Fsp3) is 0.429. The minimum Gasteiger partial charge on any atom is -0.319 e. The fourth-order valence-corrected chi connectivity index (χ4v) is 4.91. The first kappa shape index (κ1) is 12.7. The topological polar surface area (TPSA) is 26.0 Å². The number of halogens is 1. The van der Waals surface area contributed by atoms with Crippen molar-refractivity contribution in [3.05, 3.63) is 42.7 Å². The van der Waals surface area contributed by atoms with Crippen LogP contribution in [0.3, 0.4) is 0 Å². The average Bonchev–Trinajstić information content (AvgIpc) is 2.90. The van der Waals surface area contributed by atoms with E-state index in [2.05, 4.69) is 6.07 Å².